The van der Waals surface area contributed by atoms with Gasteiger partial charge in [-0.1, -0.05) is 13.8 Å². The van der Waals surface area contributed by atoms with Gasteiger partial charge >= 0.3 is 12.0 Å². The summed E-state index contributed by atoms with van der Waals surface area (Å²) in [6.45, 7) is 7.56. The lowest BCUT2D eigenvalue weighted by molar-refractivity contribution is -0.137. The van der Waals surface area contributed by atoms with Crippen molar-refractivity contribution in [3.8, 4) is 0 Å². The molecule has 116 valence electrons. The minimum atomic E-state index is -0.897. The Morgan fingerprint density at radius 3 is 2.10 bits per heavy atom. The number of carbonyl (C=O) groups excluding carboxylic acids is 2. The second kappa shape index (κ2) is 8.39. The molecule has 0 aliphatic heterocycles. The number of hydrogen-bond acceptors (Lipinski definition) is 3. The third-order valence-electron chi connectivity index (χ3n) is 2.93. The maximum absolute atomic E-state index is 12.1. The van der Waals surface area contributed by atoms with Crippen LogP contribution in [0.4, 0.5) is 4.79 Å². The highest BCUT2D eigenvalue weighted by molar-refractivity contribution is 5.86. The number of carbonyl (C=O) groups is 3. The first-order valence-electron chi connectivity index (χ1n) is 6.75. The van der Waals surface area contributed by atoms with E-state index >= 15 is 0 Å². The first kappa shape index (κ1) is 18.2. The first-order chi connectivity index (χ1) is 9.16. The number of nitrogens with two attached hydrogens (primary N) is 1. The molecule has 0 aromatic rings. The van der Waals surface area contributed by atoms with Gasteiger partial charge in [0, 0.05) is 19.0 Å². The largest absolute Gasteiger partial charge is 0.481 e. The molecule has 0 aromatic carbocycles. The molecule has 4 N–H and O–H groups in total. The van der Waals surface area contributed by atoms with E-state index in [4.69, 9.17) is 10.8 Å². The maximum atomic E-state index is 12.1. The summed E-state index contributed by atoms with van der Waals surface area (Å²) < 4.78 is 0. The molecule has 0 aliphatic rings. The number of primary amides is 1. The zero-order chi connectivity index (χ0) is 15.9. The van der Waals surface area contributed by atoms with E-state index in [1.165, 1.54) is 4.90 Å². The molecule has 0 fully saturated rings. The van der Waals surface area contributed by atoms with Gasteiger partial charge in [0.2, 0.25) is 5.91 Å². The van der Waals surface area contributed by atoms with Crippen LogP contribution in [0.3, 0.4) is 0 Å². The standard InChI is InChI=1S/C13H25N3O4/c1-8(2)11(12(14)19)15-13(20)16(9(3)4)7-5-6-10(17)18/h8-9,11H,5-7H2,1-4H3,(H2,14,19)(H,15,20)(H,17,18). The van der Waals surface area contributed by atoms with E-state index in [9.17, 15) is 14.4 Å². The van der Waals surface area contributed by atoms with E-state index in [0.717, 1.165) is 0 Å². The number of rotatable bonds is 8. The highest BCUT2D eigenvalue weighted by Crippen LogP contribution is 2.06. The van der Waals surface area contributed by atoms with Crippen molar-refractivity contribution >= 4 is 17.9 Å². The Kier molecular flexibility index (Phi) is 7.64. The molecule has 0 radical (unpaired) electrons. The highest BCUT2D eigenvalue weighted by atomic mass is 16.4. The average molecular weight is 287 g/mol. The summed E-state index contributed by atoms with van der Waals surface area (Å²) >= 11 is 0. The van der Waals surface area contributed by atoms with Crippen molar-refractivity contribution in [1.29, 1.82) is 0 Å². The smallest absolute Gasteiger partial charge is 0.318 e. The third kappa shape index (κ3) is 6.40. The van der Waals surface area contributed by atoms with Crippen LogP contribution in [0.1, 0.15) is 40.5 Å². The number of carboxylic acid groups (broad SMARTS) is 1. The summed E-state index contributed by atoms with van der Waals surface area (Å²) in [7, 11) is 0. The fraction of sp³-hybridized carbons (Fsp3) is 0.769. The topological polar surface area (TPSA) is 113 Å². The number of hydrogen-bond donors (Lipinski definition) is 3. The fourth-order valence-electron chi connectivity index (χ4n) is 1.78. The van der Waals surface area contributed by atoms with E-state index in [0.29, 0.717) is 13.0 Å². The average Bonchev–Trinajstić information content (AvgIpc) is 2.29. The molecule has 0 rings (SSSR count). The molecule has 1 atom stereocenters. The zero-order valence-electron chi connectivity index (χ0n) is 12.5. The molecule has 0 aromatic heterocycles. The Hall–Kier alpha value is -1.79. The van der Waals surface area contributed by atoms with Gasteiger partial charge in [0.05, 0.1) is 0 Å². The Morgan fingerprint density at radius 2 is 1.75 bits per heavy atom. The lowest BCUT2D eigenvalue weighted by atomic mass is 10.0. The summed E-state index contributed by atoms with van der Waals surface area (Å²) in [5, 5.41) is 11.2. The van der Waals surface area contributed by atoms with Crippen LogP contribution in [-0.2, 0) is 9.59 Å². The van der Waals surface area contributed by atoms with Crippen LogP contribution in [0.15, 0.2) is 0 Å². The van der Waals surface area contributed by atoms with Gasteiger partial charge in [0.15, 0.2) is 0 Å². The van der Waals surface area contributed by atoms with E-state index in [2.05, 4.69) is 5.32 Å². The van der Waals surface area contributed by atoms with E-state index in [1.807, 2.05) is 13.8 Å². The van der Waals surface area contributed by atoms with Crippen LogP contribution in [0.5, 0.6) is 0 Å². The summed E-state index contributed by atoms with van der Waals surface area (Å²) in [5.41, 5.74) is 5.25. The SMILES string of the molecule is CC(C)C(NC(=O)N(CCCC(=O)O)C(C)C)C(N)=O. The molecule has 7 heteroatoms. The third-order valence-corrected chi connectivity index (χ3v) is 2.93. The number of carboxylic acids is 1. The number of amides is 3. The normalized spacial score (nSPS) is 12.3. The molecule has 0 saturated carbocycles. The maximum Gasteiger partial charge on any atom is 0.318 e. The fourth-order valence-corrected chi connectivity index (χ4v) is 1.78. The molecular formula is C13H25N3O4. The molecule has 0 bridgehead atoms. The van der Waals surface area contributed by atoms with Crippen LogP contribution >= 0.6 is 0 Å². The van der Waals surface area contributed by atoms with Crippen molar-refractivity contribution in [2.75, 3.05) is 6.54 Å². The van der Waals surface area contributed by atoms with Crippen LogP contribution in [0.25, 0.3) is 0 Å². The minimum Gasteiger partial charge on any atom is -0.481 e. The summed E-state index contributed by atoms with van der Waals surface area (Å²) in [6, 6.07) is -1.23. The number of nitrogens with zero attached hydrogens (tertiary/aromatic N) is 1. The summed E-state index contributed by atoms with van der Waals surface area (Å²) in [5.74, 6) is -1.58. The van der Waals surface area contributed by atoms with E-state index in [1.54, 1.807) is 13.8 Å². The molecule has 0 aliphatic carbocycles. The molecule has 0 spiro atoms. The van der Waals surface area contributed by atoms with Crippen molar-refractivity contribution in [3.63, 3.8) is 0 Å². The van der Waals surface area contributed by atoms with Gasteiger partial charge in [0.1, 0.15) is 6.04 Å². The van der Waals surface area contributed by atoms with Crippen LogP contribution in [0.2, 0.25) is 0 Å². The Labute approximate surface area is 119 Å². The molecule has 0 saturated heterocycles. The number of urea groups is 1. The predicted molar refractivity (Wildman–Crippen MR) is 75.1 cm³/mol. The predicted octanol–water partition coefficient (Wildman–Crippen LogP) is 0.781. The number of nitrogens with one attached hydrogen (secondary N) is 1. The lowest BCUT2D eigenvalue weighted by Gasteiger charge is -2.29. The monoisotopic (exact) mass is 287 g/mol. The van der Waals surface area contributed by atoms with Gasteiger partial charge in [-0.2, -0.15) is 0 Å². The van der Waals surface area contributed by atoms with Crippen LogP contribution in [0, 0.1) is 5.92 Å². The molecule has 0 heterocycles. The highest BCUT2D eigenvalue weighted by Gasteiger charge is 2.25. The molecule has 3 amide bonds. The van der Waals surface area contributed by atoms with Gasteiger partial charge < -0.3 is 21.1 Å². The lowest BCUT2D eigenvalue weighted by Crippen LogP contribution is -2.53. The summed E-state index contributed by atoms with van der Waals surface area (Å²) in [6.07, 6.45) is 0.365. The van der Waals surface area contributed by atoms with Gasteiger partial charge in [-0.25, -0.2) is 4.79 Å². The molecule has 20 heavy (non-hydrogen) atoms. The molecular weight excluding hydrogens is 262 g/mol. The van der Waals surface area contributed by atoms with Crippen molar-refractivity contribution in [1.82, 2.24) is 10.2 Å². The first-order valence-corrected chi connectivity index (χ1v) is 6.75. The Morgan fingerprint density at radius 1 is 1.20 bits per heavy atom. The Balaban J connectivity index is 4.63. The van der Waals surface area contributed by atoms with Crippen LogP contribution in [-0.4, -0.2) is 46.5 Å². The van der Waals surface area contributed by atoms with Gasteiger partial charge in [0.25, 0.3) is 0 Å². The van der Waals surface area contributed by atoms with E-state index < -0.39 is 23.9 Å². The van der Waals surface area contributed by atoms with Crippen molar-refractivity contribution in [3.05, 3.63) is 0 Å². The molecule has 7 nitrogen and oxygen atoms in total. The van der Waals surface area contributed by atoms with Crippen molar-refractivity contribution < 1.29 is 19.5 Å². The number of aliphatic carboxylic acids is 1. The zero-order valence-corrected chi connectivity index (χ0v) is 12.5. The second-order valence-electron chi connectivity index (χ2n) is 5.36. The van der Waals surface area contributed by atoms with Gasteiger partial charge in [-0.3, -0.25) is 9.59 Å². The minimum absolute atomic E-state index is 0.0000709. The van der Waals surface area contributed by atoms with Crippen molar-refractivity contribution in [2.45, 2.75) is 52.6 Å². The van der Waals surface area contributed by atoms with Crippen LogP contribution < -0.4 is 11.1 Å². The van der Waals surface area contributed by atoms with E-state index in [-0.39, 0.29) is 18.4 Å². The second-order valence-corrected chi connectivity index (χ2v) is 5.36. The van der Waals surface area contributed by atoms with Gasteiger partial charge in [-0.05, 0) is 26.2 Å². The Bertz CT molecular complexity index is 356. The summed E-state index contributed by atoms with van der Waals surface area (Å²) in [4.78, 5) is 35.4. The van der Waals surface area contributed by atoms with Crippen molar-refractivity contribution in [2.24, 2.45) is 11.7 Å². The quantitative estimate of drug-likeness (QED) is 0.612. The molecule has 1 unspecified atom stereocenters. The van der Waals surface area contributed by atoms with Gasteiger partial charge in [-0.15, -0.1) is 0 Å².